The summed E-state index contributed by atoms with van der Waals surface area (Å²) in [7, 11) is 0. The summed E-state index contributed by atoms with van der Waals surface area (Å²) < 4.78 is 60.5. The Kier molecular flexibility index (Phi) is 6.63. The minimum Gasteiger partial charge on any atom is -0.491 e. The first-order valence-electron chi connectivity index (χ1n) is 11.3. The minimum atomic E-state index is -1.15. The Labute approximate surface area is 181 Å². The van der Waals surface area contributed by atoms with Crippen LogP contribution in [0.15, 0.2) is 18.2 Å². The first-order valence-corrected chi connectivity index (χ1v) is 11.3. The van der Waals surface area contributed by atoms with E-state index >= 15 is 0 Å². The SMILES string of the molecule is CCCC1CCC(COc2cc3c(c(F)c2F)Oc2c(ccc(OCC)c2F)C3)CC1. The standard InChI is InChI=1S/C25H29F3O3/c1-3-5-15-6-8-16(9-7-15)14-30-20-13-18-12-17-10-11-19(29-4-2)22(27)24(17)31-25(18)23(28)21(20)26/h10-11,13,15-16H,3-9,12,14H2,1-2H3. The number of hydrogen-bond acceptors (Lipinski definition) is 3. The molecule has 1 fully saturated rings. The van der Waals surface area contributed by atoms with Crippen LogP contribution < -0.4 is 14.2 Å². The lowest BCUT2D eigenvalue weighted by Gasteiger charge is -2.28. The molecular formula is C25H29F3O3. The highest BCUT2D eigenvalue weighted by Crippen LogP contribution is 2.45. The second-order valence-corrected chi connectivity index (χ2v) is 8.56. The molecule has 2 aliphatic rings. The predicted octanol–water partition coefficient (Wildman–Crippen LogP) is 7.18. The highest BCUT2D eigenvalue weighted by Gasteiger charge is 2.30. The van der Waals surface area contributed by atoms with Gasteiger partial charge in [-0.1, -0.05) is 38.7 Å². The maximum absolute atomic E-state index is 14.8. The predicted molar refractivity (Wildman–Crippen MR) is 113 cm³/mol. The van der Waals surface area contributed by atoms with Crippen molar-refractivity contribution in [3.63, 3.8) is 0 Å². The zero-order valence-electron chi connectivity index (χ0n) is 18.1. The van der Waals surface area contributed by atoms with Crippen LogP contribution in [0, 0.1) is 29.3 Å². The van der Waals surface area contributed by atoms with E-state index in [1.54, 1.807) is 13.0 Å². The first-order chi connectivity index (χ1) is 15.0. The average Bonchev–Trinajstić information content (AvgIpc) is 2.78. The van der Waals surface area contributed by atoms with Gasteiger partial charge in [-0.3, -0.25) is 0 Å². The van der Waals surface area contributed by atoms with Crippen LogP contribution in [0.4, 0.5) is 13.2 Å². The molecule has 0 spiro atoms. The van der Waals surface area contributed by atoms with Crippen LogP contribution in [0.3, 0.4) is 0 Å². The lowest BCUT2D eigenvalue weighted by atomic mass is 9.80. The topological polar surface area (TPSA) is 27.7 Å². The molecule has 2 aromatic carbocycles. The number of ether oxygens (including phenoxy) is 3. The van der Waals surface area contributed by atoms with E-state index in [1.165, 1.54) is 37.8 Å². The van der Waals surface area contributed by atoms with Gasteiger partial charge in [0.05, 0.1) is 13.2 Å². The Morgan fingerprint density at radius 1 is 0.839 bits per heavy atom. The Balaban J connectivity index is 1.49. The van der Waals surface area contributed by atoms with Gasteiger partial charge < -0.3 is 14.2 Å². The van der Waals surface area contributed by atoms with Crippen molar-refractivity contribution in [2.24, 2.45) is 11.8 Å². The van der Waals surface area contributed by atoms with Gasteiger partial charge in [0.1, 0.15) is 0 Å². The van der Waals surface area contributed by atoms with Gasteiger partial charge in [-0.05, 0) is 43.7 Å². The van der Waals surface area contributed by atoms with Crippen LogP contribution in [0.5, 0.6) is 23.0 Å². The fraction of sp³-hybridized carbons (Fsp3) is 0.520. The van der Waals surface area contributed by atoms with E-state index in [0.29, 0.717) is 23.7 Å². The number of fused-ring (bicyclic) bond motifs is 2. The molecule has 0 saturated heterocycles. The summed E-state index contributed by atoms with van der Waals surface area (Å²) >= 11 is 0. The average molecular weight is 434 g/mol. The summed E-state index contributed by atoms with van der Waals surface area (Å²) in [4.78, 5) is 0. The van der Waals surface area contributed by atoms with Gasteiger partial charge in [0, 0.05) is 17.5 Å². The molecule has 0 N–H and O–H groups in total. The van der Waals surface area contributed by atoms with E-state index in [2.05, 4.69) is 6.92 Å². The van der Waals surface area contributed by atoms with Crippen LogP contribution in [0.2, 0.25) is 0 Å². The van der Waals surface area contributed by atoms with Crippen LogP contribution in [0.25, 0.3) is 0 Å². The fourth-order valence-corrected chi connectivity index (χ4v) is 4.69. The van der Waals surface area contributed by atoms with E-state index in [-0.39, 0.29) is 36.0 Å². The molecule has 0 radical (unpaired) electrons. The normalized spacial score (nSPS) is 19.9. The molecule has 31 heavy (non-hydrogen) atoms. The summed E-state index contributed by atoms with van der Waals surface area (Å²) in [5.74, 6) is -2.29. The van der Waals surface area contributed by atoms with E-state index in [0.717, 1.165) is 18.8 Å². The van der Waals surface area contributed by atoms with Crippen molar-refractivity contribution >= 4 is 0 Å². The Hall–Kier alpha value is -2.37. The molecule has 1 aliphatic heterocycles. The number of rotatable bonds is 7. The molecular weight excluding hydrogens is 405 g/mol. The van der Waals surface area contributed by atoms with Crippen molar-refractivity contribution in [1.82, 2.24) is 0 Å². The van der Waals surface area contributed by atoms with Gasteiger partial charge in [-0.25, -0.2) is 0 Å². The fourth-order valence-electron chi connectivity index (χ4n) is 4.69. The van der Waals surface area contributed by atoms with Gasteiger partial charge in [-0.2, -0.15) is 13.2 Å². The number of hydrogen-bond donors (Lipinski definition) is 0. The van der Waals surface area contributed by atoms with Gasteiger partial charge in [-0.15, -0.1) is 0 Å². The molecule has 6 heteroatoms. The third-order valence-electron chi connectivity index (χ3n) is 6.37. The lowest BCUT2D eigenvalue weighted by molar-refractivity contribution is 0.173. The van der Waals surface area contributed by atoms with E-state index in [9.17, 15) is 13.2 Å². The largest absolute Gasteiger partial charge is 0.491 e. The highest BCUT2D eigenvalue weighted by atomic mass is 19.2. The van der Waals surface area contributed by atoms with Crippen molar-refractivity contribution in [1.29, 1.82) is 0 Å². The van der Waals surface area contributed by atoms with Crippen molar-refractivity contribution < 1.29 is 27.4 Å². The molecule has 0 unspecified atom stereocenters. The highest BCUT2D eigenvalue weighted by molar-refractivity contribution is 5.55. The number of halogens is 3. The van der Waals surface area contributed by atoms with E-state index < -0.39 is 17.5 Å². The monoisotopic (exact) mass is 434 g/mol. The third kappa shape index (κ3) is 4.48. The summed E-state index contributed by atoms with van der Waals surface area (Å²) in [6.45, 7) is 4.60. The maximum atomic E-state index is 14.8. The Bertz CT molecular complexity index is 936. The summed E-state index contributed by atoms with van der Waals surface area (Å²) in [5, 5.41) is 0. The molecule has 2 aromatic rings. The molecule has 0 atom stereocenters. The van der Waals surface area contributed by atoms with Gasteiger partial charge >= 0.3 is 0 Å². The molecule has 0 aromatic heterocycles. The van der Waals surface area contributed by atoms with Gasteiger partial charge in [0.15, 0.2) is 23.0 Å². The third-order valence-corrected chi connectivity index (χ3v) is 6.37. The summed E-state index contributed by atoms with van der Waals surface area (Å²) in [6, 6.07) is 4.69. The quantitative estimate of drug-likeness (QED) is 0.394. The van der Waals surface area contributed by atoms with Crippen LogP contribution in [0.1, 0.15) is 63.5 Å². The smallest absolute Gasteiger partial charge is 0.207 e. The zero-order chi connectivity index (χ0) is 22.0. The van der Waals surface area contributed by atoms with Crippen molar-refractivity contribution in [2.75, 3.05) is 13.2 Å². The summed E-state index contributed by atoms with van der Waals surface area (Å²) in [5.41, 5.74) is 0.997. The molecule has 0 bridgehead atoms. The lowest BCUT2D eigenvalue weighted by Crippen LogP contribution is -2.20. The molecule has 1 saturated carbocycles. The molecule has 1 heterocycles. The van der Waals surface area contributed by atoms with Gasteiger partial charge in [0.2, 0.25) is 17.5 Å². The van der Waals surface area contributed by atoms with Gasteiger partial charge in [0.25, 0.3) is 0 Å². The second kappa shape index (κ2) is 9.41. The molecule has 3 nitrogen and oxygen atoms in total. The molecule has 0 amide bonds. The second-order valence-electron chi connectivity index (χ2n) is 8.56. The minimum absolute atomic E-state index is 0.0270. The molecule has 1 aliphatic carbocycles. The molecule has 4 rings (SSSR count). The molecule has 168 valence electrons. The Morgan fingerprint density at radius 2 is 1.55 bits per heavy atom. The van der Waals surface area contributed by atoms with Crippen LogP contribution >= 0.6 is 0 Å². The van der Waals surface area contributed by atoms with Crippen LogP contribution in [-0.4, -0.2) is 13.2 Å². The first kappa shape index (κ1) is 21.8. The van der Waals surface area contributed by atoms with Crippen molar-refractivity contribution in [3.8, 4) is 23.0 Å². The van der Waals surface area contributed by atoms with Crippen molar-refractivity contribution in [2.45, 2.75) is 58.8 Å². The van der Waals surface area contributed by atoms with Crippen molar-refractivity contribution in [3.05, 3.63) is 46.8 Å². The van der Waals surface area contributed by atoms with E-state index in [1.807, 2.05) is 0 Å². The number of benzene rings is 2. The zero-order valence-corrected chi connectivity index (χ0v) is 18.1. The van der Waals surface area contributed by atoms with E-state index in [4.69, 9.17) is 14.2 Å². The maximum Gasteiger partial charge on any atom is 0.207 e. The Morgan fingerprint density at radius 3 is 2.26 bits per heavy atom. The van der Waals surface area contributed by atoms with Crippen LogP contribution in [-0.2, 0) is 6.42 Å². The summed E-state index contributed by atoms with van der Waals surface area (Å²) in [6.07, 6.45) is 7.13.